The Balaban J connectivity index is 2.85. The largest absolute Gasteiger partial charge is 0.591 e. The molecular weight excluding hydrogens is 210 g/mol. The first-order chi connectivity index (χ1) is 6.80. The van der Waals surface area contributed by atoms with Gasteiger partial charge in [-0.3, -0.25) is 4.68 Å². The number of rotatable bonds is 2. The van der Waals surface area contributed by atoms with E-state index in [9.17, 15) is 4.55 Å². The van der Waals surface area contributed by atoms with Crippen LogP contribution in [0.3, 0.4) is 0 Å². The van der Waals surface area contributed by atoms with Crippen molar-refractivity contribution in [1.29, 1.82) is 0 Å². The van der Waals surface area contributed by atoms with Crippen LogP contribution in [0.5, 0.6) is 0 Å². The second-order valence-corrected chi connectivity index (χ2v) is 6.35. The van der Waals surface area contributed by atoms with E-state index in [1.54, 1.807) is 10.9 Å². The third-order valence-corrected chi connectivity index (χ3v) is 3.35. The quantitative estimate of drug-likeness (QED) is 0.570. The molecule has 0 radical (unpaired) electrons. The highest BCUT2D eigenvalue weighted by molar-refractivity contribution is 7.91. The van der Waals surface area contributed by atoms with Crippen LogP contribution >= 0.6 is 0 Å². The van der Waals surface area contributed by atoms with Gasteiger partial charge in [0.15, 0.2) is 0 Å². The van der Waals surface area contributed by atoms with Gasteiger partial charge < -0.3 is 4.55 Å². The summed E-state index contributed by atoms with van der Waals surface area (Å²) in [4.78, 5) is 0. The minimum atomic E-state index is -1.21. The van der Waals surface area contributed by atoms with Gasteiger partial charge in [-0.05, 0) is 27.7 Å². The molecule has 1 aromatic rings. The molecule has 0 N–H and O–H groups in total. The van der Waals surface area contributed by atoms with Crippen LogP contribution < -0.4 is 0 Å². The van der Waals surface area contributed by atoms with Gasteiger partial charge in [-0.2, -0.15) is 5.10 Å². The number of aromatic nitrogens is 2. The number of hydrogen-bond acceptors (Lipinski definition) is 3. The lowest BCUT2D eigenvalue weighted by Crippen LogP contribution is -2.26. The summed E-state index contributed by atoms with van der Waals surface area (Å²) in [5.74, 6) is 0. The molecule has 84 valence electrons. The van der Waals surface area contributed by atoms with Crippen LogP contribution in [0.25, 0.3) is 0 Å². The Kier molecular flexibility index (Phi) is 3.57. The van der Waals surface area contributed by atoms with Crippen LogP contribution in [0.15, 0.2) is 16.8 Å². The molecule has 0 aliphatic rings. The minimum absolute atomic E-state index is 0.316. The lowest BCUT2D eigenvalue weighted by Gasteiger charge is -2.18. The fourth-order valence-electron chi connectivity index (χ4n) is 0.922. The fraction of sp³-hybridized carbons (Fsp3) is 0.600. The van der Waals surface area contributed by atoms with Crippen LogP contribution in [0.4, 0.5) is 0 Å². The molecule has 1 aromatic heterocycles. The van der Waals surface area contributed by atoms with Gasteiger partial charge in [-0.15, -0.1) is 0 Å². The van der Waals surface area contributed by atoms with Crippen molar-refractivity contribution in [1.82, 2.24) is 9.78 Å². The van der Waals surface area contributed by atoms with Crippen molar-refractivity contribution in [3.05, 3.63) is 18.0 Å². The second-order valence-electron chi connectivity index (χ2n) is 4.44. The zero-order valence-electron chi connectivity index (χ0n) is 9.81. The van der Waals surface area contributed by atoms with E-state index in [-0.39, 0.29) is 4.75 Å². The van der Waals surface area contributed by atoms with E-state index in [4.69, 9.17) is 0 Å². The highest BCUT2D eigenvalue weighted by Gasteiger charge is 2.26. The number of hydrogen-bond donors (Lipinski definition) is 0. The SMILES string of the molecule is CC(=N[S+]([O-])C(C)(C)C)c1cnn(C)c1. The van der Waals surface area contributed by atoms with Gasteiger partial charge in [0.1, 0.15) is 16.1 Å². The van der Waals surface area contributed by atoms with Gasteiger partial charge in [-0.25, -0.2) is 0 Å². The Labute approximate surface area is 93.7 Å². The van der Waals surface area contributed by atoms with Gasteiger partial charge in [0.2, 0.25) is 0 Å². The van der Waals surface area contributed by atoms with Crippen LogP contribution in [-0.2, 0) is 18.4 Å². The first kappa shape index (κ1) is 12.3. The molecular formula is C10H17N3OS. The Bertz CT molecular complexity index is 365. The third kappa shape index (κ3) is 3.35. The van der Waals surface area contributed by atoms with E-state index in [2.05, 4.69) is 9.50 Å². The molecule has 1 unspecified atom stereocenters. The molecule has 0 saturated carbocycles. The molecule has 0 bridgehead atoms. The third-order valence-electron chi connectivity index (χ3n) is 1.87. The lowest BCUT2D eigenvalue weighted by molar-refractivity contribution is 0.561. The van der Waals surface area contributed by atoms with E-state index in [1.807, 2.05) is 40.9 Å². The molecule has 0 saturated heterocycles. The van der Waals surface area contributed by atoms with Gasteiger partial charge in [-0.1, -0.05) is 4.40 Å². The molecule has 5 heteroatoms. The molecule has 15 heavy (non-hydrogen) atoms. The normalized spacial score (nSPS) is 15.5. The van der Waals surface area contributed by atoms with Crippen molar-refractivity contribution < 1.29 is 4.55 Å². The van der Waals surface area contributed by atoms with E-state index in [0.29, 0.717) is 0 Å². The molecule has 1 heterocycles. The number of aryl methyl sites for hydroxylation is 1. The molecule has 1 atom stereocenters. The molecule has 0 amide bonds. The van der Waals surface area contributed by atoms with Crippen molar-refractivity contribution in [3.63, 3.8) is 0 Å². The summed E-state index contributed by atoms with van der Waals surface area (Å²) in [5, 5.41) is 4.04. The van der Waals surface area contributed by atoms with E-state index < -0.39 is 11.4 Å². The standard InChI is InChI=1S/C10H17N3OS/c1-8(9-6-11-13(5)7-9)12-15(14)10(2,3)4/h6-7H,1-5H3. The van der Waals surface area contributed by atoms with E-state index in [0.717, 1.165) is 11.3 Å². The molecule has 0 aliphatic carbocycles. The van der Waals surface area contributed by atoms with Crippen molar-refractivity contribution in [2.45, 2.75) is 32.4 Å². The first-order valence-corrected chi connectivity index (χ1v) is 5.87. The molecule has 0 fully saturated rings. The van der Waals surface area contributed by atoms with Crippen molar-refractivity contribution in [3.8, 4) is 0 Å². The topological polar surface area (TPSA) is 53.2 Å². The fourth-order valence-corrected chi connectivity index (χ4v) is 1.55. The maximum atomic E-state index is 11.8. The highest BCUT2D eigenvalue weighted by atomic mass is 32.2. The average molecular weight is 227 g/mol. The molecule has 1 rings (SSSR count). The monoisotopic (exact) mass is 227 g/mol. The Hall–Kier alpha value is -0.810. The summed E-state index contributed by atoms with van der Waals surface area (Å²) >= 11 is -1.21. The van der Waals surface area contributed by atoms with Crippen LogP contribution in [0.2, 0.25) is 0 Å². The zero-order valence-corrected chi connectivity index (χ0v) is 10.6. The second kappa shape index (κ2) is 4.37. The minimum Gasteiger partial charge on any atom is -0.591 e. The first-order valence-electron chi connectivity index (χ1n) is 4.77. The summed E-state index contributed by atoms with van der Waals surface area (Å²) in [6, 6.07) is 0. The summed E-state index contributed by atoms with van der Waals surface area (Å²) < 4.78 is 17.3. The zero-order chi connectivity index (χ0) is 11.6. The molecule has 4 nitrogen and oxygen atoms in total. The van der Waals surface area contributed by atoms with Crippen LogP contribution in [0.1, 0.15) is 33.3 Å². The van der Waals surface area contributed by atoms with Crippen molar-refractivity contribution >= 4 is 17.1 Å². The molecule has 0 aromatic carbocycles. The number of nitrogens with zero attached hydrogens (tertiary/aromatic N) is 3. The van der Waals surface area contributed by atoms with E-state index >= 15 is 0 Å². The maximum absolute atomic E-state index is 11.8. The van der Waals surface area contributed by atoms with E-state index in [1.165, 1.54) is 0 Å². The van der Waals surface area contributed by atoms with Crippen molar-refractivity contribution in [2.24, 2.45) is 11.4 Å². The Morgan fingerprint density at radius 2 is 2.13 bits per heavy atom. The maximum Gasteiger partial charge on any atom is 0.144 e. The van der Waals surface area contributed by atoms with Gasteiger partial charge in [0.05, 0.1) is 11.9 Å². The van der Waals surface area contributed by atoms with Crippen molar-refractivity contribution in [2.75, 3.05) is 0 Å². The highest BCUT2D eigenvalue weighted by Crippen LogP contribution is 2.18. The van der Waals surface area contributed by atoms with Gasteiger partial charge in [0.25, 0.3) is 0 Å². The predicted molar refractivity (Wildman–Crippen MR) is 63.3 cm³/mol. The smallest absolute Gasteiger partial charge is 0.144 e. The summed E-state index contributed by atoms with van der Waals surface area (Å²) in [6.45, 7) is 7.57. The van der Waals surface area contributed by atoms with Gasteiger partial charge >= 0.3 is 0 Å². The van der Waals surface area contributed by atoms with Crippen LogP contribution in [0, 0.1) is 0 Å². The molecule has 0 spiro atoms. The average Bonchev–Trinajstić information content (AvgIpc) is 2.50. The predicted octanol–water partition coefficient (Wildman–Crippen LogP) is 1.69. The Morgan fingerprint density at radius 3 is 2.53 bits per heavy atom. The molecule has 0 aliphatic heterocycles. The summed E-state index contributed by atoms with van der Waals surface area (Å²) in [6.07, 6.45) is 3.58. The summed E-state index contributed by atoms with van der Waals surface area (Å²) in [7, 11) is 1.84. The lowest BCUT2D eigenvalue weighted by atomic mass is 10.2. The van der Waals surface area contributed by atoms with Crippen LogP contribution in [-0.4, -0.2) is 24.8 Å². The van der Waals surface area contributed by atoms with Gasteiger partial charge in [0, 0.05) is 18.8 Å². The summed E-state index contributed by atoms with van der Waals surface area (Å²) in [5.41, 5.74) is 1.67. The Morgan fingerprint density at radius 1 is 1.53 bits per heavy atom.